The van der Waals surface area contributed by atoms with Crippen LogP contribution in [0.15, 0.2) is 77.0 Å². The molecule has 1 N–H and O–H groups in total. The summed E-state index contributed by atoms with van der Waals surface area (Å²) in [7, 11) is 0. The molecule has 158 valence electrons. The molecule has 0 saturated carbocycles. The Morgan fingerprint density at radius 2 is 1.77 bits per heavy atom. The smallest absolute Gasteiger partial charge is 0.307 e. The molecule has 1 amide bonds. The zero-order valence-corrected chi connectivity index (χ0v) is 18.1. The molecule has 4 rings (SSSR count). The second-order valence-corrected chi connectivity index (χ2v) is 8.19. The number of hydrogen-bond donors (Lipinski definition) is 1. The Balaban J connectivity index is 1.47. The molecular weight excluding hydrogens is 408 g/mol. The topological polar surface area (TPSA) is 68.9 Å². The van der Waals surface area contributed by atoms with Crippen LogP contribution in [0.2, 0.25) is 0 Å². The number of aryl methyl sites for hydroxylation is 1. The molecule has 0 radical (unpaired) electrons. The largest absolute Gasteiger partial charge is 0.352 e. The van der Waals surface area contributed by atoms with Crippen molar-refractivity contribution in [2.75, 3.05) is 0 Å². The number of benzene rings is 2. The van der Waals surface area contributed by atoms with E-state index in [9.17, 15) is 9.59 Å². The van der Waals surface area contributed by atoms with E-state index in [4.69, 9.17) is 5.10 Å². The molecule has 0 fully saturated rings. The molecule has 2 aromatic heterocycles. The molecule has 0 aliphatic rings. The summed E-state index contributed by atoms with van der Waals surface area (Å²) in [6.45, 7) is 3.31. The second-order valence-electron chi connectivity index (χ2n) is 7.37. The van der Waals surface area contributed by atoms with Crippen molar-refractivity contribution in [3.8, 4) is 11.3 Å². The number of thiazole rings is 1. The normalized spacial score (nSPS) is 10.9. The zero-order valence-electron chi connectivity index (χ0n) is 17.3. The number of carbonyl (C=O) groups is 1. The lowest BCUT2D eigenvalue weighted by Crippen LogP contribution is -2.26. The van der Waals surface area contributed by atoms with E-state index in [0.29, 0.717) is 19.6 Å². The minimum Gasteiger partial charge on any atom is -0.352 e. The van der Waals surface area contributed by atoms with Gasteiger partial charge in [0.05, 0.1) is 12.2 Å². The Bertz CT molecular complexity index is 1210. The van der Waals surface area contributed by atoms with Crippen LogP contribution in [0, 0.1) is 6.92 Å². The highest BCUT2D eigenvalue weighted by Crippen LogP contribution is 2.22. The van der Waals surface area contributed by atoms with Crippen molar-refractivity contribution >= 4 is 17.2 Å². The molecule has 4 aromatic rings. The lowest BCUT2D eigenvalue weighted by Gasteiger charge is -2.07. The first-order chi connectivity index (χ1) is 15.1. The molecule has 2 heterocycles. The molecule has 0 atom stereocenters. The van der Waals surface area contributed by atoms with E-state index in [2.05, 4.69) is 17.4 Å². The van der Waals surface area contributed by atoms with E-state index < -0.39 is 0 Å². The summed E-state index contributed by atoms with van der Waals surface area (Å²) in [6, 6.07) is 20.1. The molecule has 7 heteroatoms. The van der Waals surface area contributed by atoms with Gasteiger partial charge in [0.2, 0.25) is 5.91 Å². The molecule has 0 bridgehead atoms. The van der Waals surface area contributed by atoms with Gasteiger partial charge in [0, 0.05) is 47.9 Å². The molecule has 0 spiro atoms. The van der Waals surface area contributed by atoms with Crippen molar-refractivity contribution in [3.63, 3.8) is 0 Å². The quantitative estimate of drug-likeness (QED) is 0.460. The van der Waals surface area contributed by atoms with Crippen LogP contribution in [0.3, 0.4) is 0 Å². The maximum atomic E-state index is 12.4. The Morgan fingerprint density at radius 1 is 1.06 bits per heavy atom. The highest BCUT2D eigenvalue weighted by molar-refractivity contribution is 7.07. The molecule has 0 aliphatic heterocycles. The summed E-state index contributed by atoms with van der Waals surface area (Å²) in [5, 5.41) is 9.58. The van der Waals surface area contributed by atoms with Gasteiger partial charge in [-0.15, -0.1) is 0 Å². The van der Waals surface area contributed by atoms with Crippen LogP contribution >= 0.6 is 11.3 Å². The Morgan fingerprint density at radius 3 is 2.45 bits per heavy atom. The summed E-state index contributed by atoms with van der Waals surface area (Å²) < 4.78 is 3.55. The second kappa shape index (κ2) is 9.57. The minimum atomic E-state index is -0.0904. The van der Waals surface area contributed by atoms with Gasteiger partial charge in [-0.25, -0.2) is 0 Å². The van der Waals surface area contributed by atoms with Gasteiger partial charge in [-0.1, -0.05) is 72.0 Å². The lowest BCUT2D eigenvalue weighted by atomic mass is 10.1. The number of nitrogens with one attached hydrogen (secondary N) is 1. The molecule has 0 aliphatic carbocycles. The predicted octanol–water partition coefficient (Wildman–Crippen LogP) is 3.84. The van der Waals surface area contributed by atoms with Crippen molar-refractivity contribution in [2.24, 2.45) is 0 Å². The van der Waals surface area contributed by atoms with Crippen molar-refractivity contribution < 1.29 is 4.79 Å². The van der Waals surface area contributed by atoms with E-state index in [-0.39, 0.29) is 17.2 Å². The van der Waals surface area contributed by atoms with Crippen molar-refractivity contribution in [1.82, 2.24) is 19.7 Å². The third kappa shape index (κ3) is 5.19. The van der Waals surface area contributed by atoms with Gasteiger partial charge in [0.15, 0.2) is 0 Å². The molecule has 0 unspecified atom stereocenters. The van der Waals surface area contributed by atoms with Gasteiger partial charge in [0.25, 0.3) is 0 Å². The van der Waals surface area contributed by atoms with Crippen LogP contribution < -0.4 is 10.2 Å². The minimum absolute atomic E-state index is 0.0288. The van der Waals surface area contributed by atoms with Gasteiger partial charge < -0.3 is 9.88 Å². The summed E-state index contributed by atoms with van der Waals surface area (Å²) in [4.78, 5) is 24.2. The standard InChI is InChI=1S/C24H24N4O2S/c1-18-17-31-24(30)28(18)13-12-22(29)25-14-21-16-27(15-19-8-4-2-5-9-19)26-23(21)20-10-6-3-7-11-20/h2-11,16-17H,12-15H2,1H3,(H,25,29). The van der Waals surface area contributed by atoms with E-state index in [1.54, 1.807) is 4.57 Å². The third-order valence-electron chi connectivity index (χ3n) is 5.09. The van der Waals surface area contributed by atoms with Crippen molar-refractivity contribution in [3.05, 3.63) is 98.7 Å². The summed E-state index contributed by atoms with van der Waals surface area (Å²) in [5.74, 6) is -0.0904. The number of nitrogens with zero attached hydrogens (tertiary/aromatic N) is 3. The van der Waals surface area contributed by atoms with Gasteiger partial charge in [-0.3, -0.25) is 14.3 Å². The van der Waals surface area contributed by atoms with Crippen LogP contribution in [0.1, 0.15) is 23.2 Å². The summed E-state index contributed by atoms with van der Waals surface area (Å²) >= 11 is 1.16. The first-order valence-electron chi connectivity index (χ1n) is 10.2. The van der Waals surface area contributed by atoms with E-state index >= 15 is 0 Å². The average Bonchev–Trinajstić information content (AvgIpc) is 3.34. The van der Waals surface area contributed by atoms with E-state index in [1.807, 2.05) is 71.7 Å². The Labute approximate surface area is 184 Å². The monoisotopic (exact) mass is 432 g/mol. The third-order valence-corrected chi connectivity index (χ3v) is 5.97. The van der Waals surface area contributed by atoms with Crippen LogP contribution in [-0.4, -0.2) is 20.3 Å². The fourth-order valence-electron chi connectivity index (χ4n) is 3.45. The van der Waals surface area contributed by atoms with Crippen molar-refractivity contribution in [1.29, 1.82) is 0 Å². The van der Waals surface area contributed by atoms with Crippen LogP contribution in [0.25, 0.3) is 11.3 Å². The number of carbonyl (C=O) groups excluding carboxylic acids is 1. The Kier molecular flexibility index (Phi) is 6.43. The average molecular weight is 433 g/mol. The van der Waals surface area contributed by atoms with Crippen LogP contribution in [0.4, 0.5) is 0 Å². The van der Waals surface area contributed by atoms with Gasteiger partial charge in [-0.05, 0) is 12.5 Å². The van der Waals surface area contributed by atoms with Crippen LogP contribution in [0.5, 0.6) is 0 Å². The highest BCUT2D eigenvalue weighted by atomic mass is 32.1. The molecule has 6 nitrogen and oxygen atoms in total. The number of aromatic nitrogens is 3. The zero-order chi connectivity index (χ0) is 21.6. The summed E-state index contributed by atoms with van der Waals surface area (Å²) in [6.07, 6.45) is 2.25. The SMILES string of the molecule is Cc1csc(=O)n1CCC(=O)NCc1cn(Cc2ccccc2)nc1-c1ccccc1. The first kappa shape index (κ1) is 20.8. The lowest BCUT2D eigenvalue weighted by molar-refractivity contribution is -0.121. The molecule has 0 saturated heterocycles. The van der Waals surface area contributed by atoms with Gasteiger partial charge in [-0.2, -0.15) is 5.10 Å². The first-order valence-corrected chi connectivity index (χ1v) is 11.1. The maximum absolute atomic E-state index is 12.4. The van der Waals surface area contributed by atoms with E-state index in [1.165, 1.54) is 0 Å². The molecule has 31 heavy (non-hydrogen) atoms. The van der Waals surface area contributed by atoms with Crippen LogP contribution in [-0.2, 0) is 24.4 Å². The van der Waals surface area contributed by atoms with Crippen molar-refractivity contribution in [2.45, 2.75) is 33.0 Å². The maximum Gasteiger partial charge on any atom is 0.307 e. The molecule has 2 aromatic carbocycles. The highest BCUT2D eigenvalue weighted by Gasteiger charge is 2.13. The van der Waals surface area contributed by atoms with Gasteiger partial charge in [0.1, 0.15) is 0 Å². The number of rotatable bonds is 8. The predicted molar refractivity (Wildman–Crippen MR) is 123 cm³/mol. The fourth-order valence-corrected chi connectivity index (χ4v) is 4.21. The number of hydrogen-bond acceptors (Lipinski definition) is 4. The fraction of sp³-hybridized carbons (Fsp3) is 0.208. The van der Waals surface area contributed by atoms with Gasteiger partial charge >= 0.3 is 4.87 Å². The van der Waals surface area contributed by atoms with E-state index in [0.717, 1.165) is 39.4 Å². The summed E-state index contributed by atoms with van der Waals surface area (Å²) in [5.41, 5.74) is 4.88. The number of amides is 1. The molecular formula is C24H24N4O2S. The Hall–Kier alpha value is -3.45.